The molecule has 1 aromatic rings. The quantitative estimate of drug-likeness (QED) is 0.588. The first kappa shape index (κ1) is 13.5. The van der Waals surface area contributed by atoms with Gasteiger partial charge in [0.05, 0.1) is 12.2 Å². The van der Waals surface area contributed by atoms with E-state index in [0.29, 0.717) is 12.2 Å². The molecule has 17 heavy (non-hydrogen) atoms. The predicted molar refractivity (Wildman–Crippen MR) is 70.8 cm³/mol. The molecule has 0 aliphatic heterocycles. The van der Waals surface area contributed by atoms with Gasteiger partial charge < -0.3 is 4.74 Å². The molecule has 0 heterocycles. The van der Waals surface area contributed by atoms with Crippen molar-refractivity contribution in [3.05, 3.63) is 42.0 Å². The Bertz CT molecular complexity index is 408. The van der Waals surface area contributed by atoms with E-state index in [4.69, 9.17) is 4.74 Å². The topological polar surface area (TPSA) is 26.3 Å². The molecule has 0 unspecified atom stereocenters. The minimum absolute atomic E-state index is 0.115. The summed E-state index contributed by atoms with van der Waals surface area (Å²) in [5, 5.41) is 0. The molecular formula is C15H20O2. The summed E-state index contributed by atoms with van der Waals surface area (Å²) in [6.07, 6.45) is 0. The zero-order valence-electron chi connectivity index (χ0n) is 11.0. The molecule has 0 fully saturated rings. The first-order valence-corrected chi connectivity index (χ1v) is 5.83. The third-order valence-electron chi connectivity index (χ3n) is 2.62. The molecule has 2 heteroatoms. The van der Waals surface area contributed by atoms with E-state index < -0.39 is 0 Å². The van der Waals surface area contributed by atoms with Crippen LogP contribution >= 0.6 is 0 Å². The van der Waals surface area contributed by atoms with Crippen LogP contribution in [-0.2, 0) is 14.9 Å². The molecule has 0 amide bonds. The minimum Gasteiger partial charge on any atom is -0.462 e. The third kappa shape index (κ3) is 3.45. The lowest BCUT2D eigenvalue weighted by Crippen LogP contribution is -2.11. The van der Waals surface area contributed by atoms with Gasteiger partial charge in [-0.1, -0.05) is 51.6 Å². The van der Waals surface area contributed by atoms with Crippen molar-refractivity contribution in [2.45, 2.75) is 33.1 Å². The van der Waals surface area contributed by atoms with Crippen LogP contribution in [0.1, 0.15) is 38.8 Å². The van der Waals surface area contributed by atoms with Crippen LogP contribution in [0.25, 0.3) is 5.57 Å². The van der Waals surface area contributed by atoms with Crippen molar-refractivity contribution in [1.82, 2.24) is 0 Å². The summed E-state index contributed by atoms with van der Waals surface area (Å²) in [7, 11) is 0. The zero-order valence-corrected chi connectivity index (χ0v) is 11.0. The lowest BCUT2D eigenvalue weighted by molar-refractivity contribution is -0.136. The van der Waals surface area contributed by atoms with E-state index in [1.807, 2.05) is 24.3 Å². The highest BCUT2D eigenvalue weighted by Gasteiger charge is 2.15. The lowest BCUT2D eigenvalue weighted by Gasteiger charge is -2.19. The highest BCUT2D eigenvalue weighted by molar-refractivity contribution is 6.15. The van der Waals surface area contributed by atoms with Gasteiger partial charge in [0.25, 0.3) is 0 Å². The molecule has 0 saturated heterocycles. The molecule has 92 valence electrons. The molecule has 0 aliphatic carbocycles. The number of benzene rings is 1. The highest BCUT2D eigenvalue weighted by atomic mass is 16.5. The Kier molecular flexibility index (Phi) is 4.11. The van der Waals surface area contributed by atoms with Gasteiger partial charge in [-0.25, -0.2) is 4.79 Å². The number of hydrogen-bond acceptors (Lipinski definition) is 2. The van der Waals surface area contributed by atoms with Gasteiger partial charge in [-0.05, 0) is 23.5 Å². The van der Waals surface area contributed by atoms with Crippen LogP contribution in [0.5, 0.6) is 0 Å². The molecule has 1 aromatic carbocycles. The van der Waals surface area contributed by atoms with Crippen molar-refractivity contribution in [1.29, 1.82) is 0 Å². The van der Waals surface area contributed by atoms with Gasteiger partial charge in [0, 0.05) is 0 Å². The second-order valence-corrected chi connectivity index (χ2v) is 5.03. The Hall–Kier alpha value is -1.57. The van der Waals surface area contributed by atoms with E-state index in [0.717, 1.165) is 5.56 Å². The van der Waals surface area contributed by atoms with E-state index in [1.54, 1.807) is 6.92 Å². The fourth-order valence-electron chi connectivity index (χ4n) is 1.51. The third-order valence-corrected chi connectivity index (χ3v) is 2.62. The summed E-state index contributed by atoms with van der Waals surface area (Å²) in [6.45, 7) is 12.4. The van der Waals surface area contributed by atoms with E-state index in [2.05, 4.69) is 27.4 Å². The summed E-state index contributed by atoms with van der Waals surface area (Å²) < 4.78 is 4.92. The first-order valence-electron chi connectivity index (χ1n) is 5.83. The van der Waals surface area contributed by atoms with Crippen molar-refractivity contribution in [2.24, 2.45) is 0 Å². The summed E-state index contributed by atoms with van der Waals surface area (Å²) in [5.74, 6) is -0.351. The Morgan fingerprint density at radius 1 is 1.24 bits per heavy atom. The number of ether oxygens (including phenoxy) is 1. The highest BCUT2D eigenvalue weighted by Crippen LogP contribution is 2.24. The van der Waals surface area contributed by atoms with Crippen LogP contribution in [0.2, 0.25) is 0 Å². The monoisotopic (exact) mass is 232 g/mol. The summed E-state index contributed by atoms with van der Waals surface area (Å²) in [4.78, 5) is 11.5. The first-order chi connectivity index (χ1) is 7.86. The fourth-order valence-corrected chi connectivity index (χ4v) is 1.51. The Morgan fingerprint density at radius 3 is 2.18 bits per heavy atom. The van der Waals surface area contributed by atoms with Crippen LogP contribution < -0.4 is 0 Å². The molecule has 0 atom stereocenters. The average Bonchev–Trinajstić information content (AvgIpc) is 2.27. The Balaban J connectivity index is 2.88. The standard InChI is InChI=1S/C15H20O2/c1-6-17-14(16)11(2)12-7-9-13(10-8-12)15(3,4)5/h7-10H,2,6H2,1,3-5H3. The zero-order chi connectivity index (χ0) is 13.1. The van der Waals surface area contributed by atoms with Gasteiger partial charge in [-0.15, -0.1) is 0 Å². The van der Waals surface area contributed by atoms with Crippen molar-refractivity contribution in [3.8, 4) is 0 Å². The number of carbonyl (C=O) groups excluding carboxylic acids is 1. The summed E-state index contributed by atoms with van der Waals surface area (Å²) in [5.41, 5.74) is 2.57. The largest absolute Gasteiger partial charge is 0.462 e. The second kappa shape index (κ2) is 5.17. The van der Waals surface area contributed by atoms with E-state index in [9.17, 15) is 4.79 Å². The fraction of sp³-hybridized carbons (Fsp3) is 0.400. The molecule has 0 N–H and O–H groups in total. The summed E-state index contributed by atoms with van der Waals surface area (Å²) >= 11 is 0. The van der Waals surface area contributed by atoms with Crippen LogP contribution in [0.4, 0.5) is 0 Å². The van der Waals surface area contributed by atoms with Crippen LogP contribution in [0.3, 0.4) is 0 Å². The van der Waals surface area contributed by atoms with Crippen LogP contribution in [0.15, 0.2) is 30.8 Å². The predicted octanol–water partition coefficient (Wildman–Crippen LogP) is 3.56. The molecule has 0 aliphatic rings. The lowest BCUT2D eigenvalue weighted by atomic mass is 9.86. The smallest absolute Gasteiger partial charge is 0.338 e. The van der Waals surface area contributed by atoms with Crippen molar-refractivity contribution in [2.75, 3.05) is 6.61 Å². The van der Waals surface area contributed by atoms with Gasteiger partial charge in [-0.2, -0.15) is 0 Å². The molecule has 2 nitrogen and oxygen atoms in total. The number of esters is 1. The number of carbonyl (C=O) groups is 1. The van der Waals surface area contributed by atoms with Crippen LogP contribution in [0, 0.1) is 0 Å². The van der Waals surface area contributed by atoms with Crippen molar-refractivity contribution < 1.29 is 9.53 Å². The summed E-state index contributed by atoms with van der Waals surface area (Å²) in [6, 6.07) is 7.89. The second-order valence-electron chi connectivity index (χ2n) is 5.03. The molecule has 0 bridgehead atoms. The average molecular weight is 232 g/mol. The molecule has 1 rings (SSSR count). The SMILES string of the molecule is C=C(C(=O)OCC)c1ccc(C(C)(C)C)cc1. The maximum absolute atomic E-state index is 11.5. The Morgan fingerprint density at radius 2 is 1.76 bits per heavy atom. The van der Waals surface area contributed by atoms with Crippen LogP contribution in [-0.4, -0.2) is 12.6 Å². The van der Waals surface area contributed by atoms with Gasteiger partial charge in [0.15, 0.2) is 0 Å². The van der Waals surface area contributed by atoms with Gasteiger partial charge in [-0.3, -0.25) is 0 Å². The van der Waals surface area contributed by atoms with Gasteiger partial charge >= 0.3 is 5.97 Å². The maximum Gasteiger partial charge on any atom is 0.338 e. The van der Waals surface area contributed by atoms with Gasteiger partial charge in [0.1, 0.15) is 0 Å². The molecule has 0 spiro atoms. The molecule has 0 radical (unpaired) electrons. The maximum atomic E-state index is 11.5. The van der Waals surface area contributed by atoms with E-state index in [-0.39, 0.29) is 11.4 Å². The minimum atomic E-state index is -0.351. The van der Waals surface area contributed by atoms with E-state index in [1.165, 1.54) is 5.56 Å². The normalized spacial score (nSPS) is 11.1. The van der Waals surface area contributed by atoms with Crippen molar-refractivity contribution >= 4 is 11.5 Å². The Labute approximate surface area is 103 Å². The number of hydrogen-bond donors (Lipinski definition) is 0. The molecular weight excluding hydrogens is 212 g/mol. The van der Waals surface area contributed by atoms with E-state index >= 15 is 0 Å². The number of rotatable bonds is 3. The molecule has 0 aromatic heterocycles. The van der Waals surface area contributed by atoms with Gasteiger partial charge in [0.2, 0.25) is 0 Å². The van der Waals surface area contributed by atoms with Crippen molar-refractivity contribution in [3.63, 3.8) is 0 Å². The molecule has 0 saturated carbocycles.